The Labute approximate surface area is 422 Å². The van der Waals surface area contributed by atoms with Gasteiger partial charge in [0.15, 0.2) is 12.4 Å². The van der Waals surface area contributed by atoms with E-state index in [-0.39, 0.29) is 32.2 Å². The molecule has 0 N–H and O–H groups in total. The average molecular weight is 967 g/mol. The van der Waals surface area contributed by atoms with Crippen LogP contribution in [0.15, 0.2) is 0 Å². The highest BCUT2D eigenvalue weighted by Gasteiger charge is 2.22. The van der Waals surface area contributed by atoms with Gasteiger partial charge in [0, 0.05) is 12.8 Å². The SMILES string of the molecule is CCCCCCCCCCCCCCCCCCCCCCCCCCCCCCCC(=O)OC(COC(=O)CCCCCCCCCCCCCCCC)COC(OCC[N+](C)(C)C)C(=O)[O-]. The number of rotatable bonds is 56. The lowest BCUT2D eigenvalue weighted by molar-refractivity contribution is -0.870. The number of carboxylic acids is 1. The fourth-order valence-corrected chi connectivity index (χ4v) is 9.01. The van der Waals surface area contributed by atoms with E-state index in [0.29, 0.717) is 17.4 Å². The van der Waals surface area contributed by atoms with Crippen LogP contribution in [0.25, 0.3) is 0 Å². The molecule has 0 aliphatic rings. The Kier molecular flexibility index (Phi) is 50.3. The fourth-order valence-electron chi connectivity index (χ4n) is 9.01. The number of aliphatic carboxylic acids is 1. The van der Waals surface area contributed by atoms with E-state index in [1.54, 1.807) is 0 Å². The molecule has 0 saturated carbocycles. The smallest absolute Gasteiger partial charge is 0.306 e. The van der Waals surface area contributed by atoms with Gasteiger partial charge in [-0.3, -0.25) is 9.59 Å². The van der Waals surface area contributed by atoms with E-state index >= 15 is 0 Å². The van der Waals surface area contributed by atoms with Crippen LogP contribution in [0.4, 0.5) is 0 Å². The second-order valence-corrected chi connectivity index (χ2v) is 21.7. The number of carbonyl (C=O) groups excluding carboxylic acids is 3. The molecule has 0 aromatic heterocycles. The van der Waals surface area contributed by atoms with E-state index in [2.05, 4.69) is 13.8 Å². The number of nitrogens with zero attached hydrogens (tertiary/aromatic N) is 1. The molecule has 0 saturated heterocycles. The lowest BCUT2D eigenvalue weighted by atomic mass is 10.0. The summed E-state index contributed by atoms with van der Waals surface area (Å²) >= 11 is 0. The summed E-state index contributed by atoms with van der Waals surface area (Å²) in [7, 11) is 5.93. The molecule has 0 aromatic carbocycles. The molecule has 2 unspecified atom stereocenters. The Morgan fingerprint density at radius 1 is 0.382 bits per heavy atom. The third-order valence-electron chi connectivity index (χ3n) is 13.6. The van der Waals surface area contributed by atoms with E-state index in [1.165, 1.54) is 238 Å². The topological polar surface area (TPSA) is 111 Å². The number of carboxylic acid groups (broad SMARTS) is 1. The van der Waals surface area contributed by atoms with Crippen LogP contribution in [0.1, 0.15) is 303 Å². The Balaban J connectivity index is 4.08. The predicted molar refractivity (Wildman–Crippen MR) is 284 cm³/mol. The molecule has 0 heterocycles. The summed E-state index contributed by atoms with van der Waals surface area (Å²) < 4.78 is 22.7. The molecule has 68 heavy (non-hydrogen) atoms. The monoisotopic (exact) mass is 966 g/mol. The van der Waals surface area contributed by atoms with Gasteiger partial charge in [-0.05, 0) is 12.8 Å². The molecule has 0 rings (SSSR count). The minimum atomic E-state index is -1.61. The van der Waals surface area contributed by atoms with E-state index in [9.17, 15) is 19.5 Å². The summed E-state index contributed by atoms with van der Waals surface area (Å²) in [5.41, 5.74) is 0. The summed E-state index contributed by atoms with van der Waals surface area (Å²) in [4.78, 5) is 37.2. The van der Waals surface area contributed by atoms with Crippen LogP contribution < -0.4 is 5.11 Å². The number of hydrogen-bond donors (Lipinski definition) is 0. The van der Waals surface area contributed by atoms with Gasteiger partial charge in [-0.25, -0.2) is 0 Å². The Hall–Kier alpha value is -1.71. The van der Waals surface area contributed by atoms with Crippen molar-refractivity contribution in [2.45, 2.75) is 315 Å². The van der Waals surface area contributed by atoms with Crippen LogP contribution in [0, 0.1) is 0 Å². The minimum Gasteiger partial charge on any atom is -0.545 e. The molecule has 0 bridgehead atoms. The summed E-state index contributed by atoms with van der Waals surface area (Å²) in [5.74, 6) is -2.25. The van der Waals surface area contributed by atoms with Gasteiger partial charge in [0.1, 0.15) is 13.2 Å². The van der Waals surface area contributed by atoms with Crippen molar-refractivity contribution < 1.29 is 42.9 Å². The Morgan fingerprint density at radius 2 is 0.662 bits per heavy atom. The molecule has 0 aliphatic heterocycles. The maximum Gasteiger partial charge on any atom is 0.306 e. The lowest BCUT2D eigenvalue weighted by Gasteiger charge is -2.26. The van der Waals surface area contributed by atoms with Gasteiger partial charge in [-0.15, -0.1) is 0 Å². The molecule has 9 nitrogen and oxygen atoms in total. The van der Waals surface area contributed by atoms with Crippen molar-refractivity contribution in [1.82, 2.24) is 0 Å². The average Bonchev–Trinajstić information content (AvgIpc) is 3.30. The Bertz CT molecular complexity index is 1080. The van der Waals surface area contributed by atoms with E-state index in [4.69, 9.17) is 18.9 Å². The van der Waals surface area contributed by atoms with Gasteiger partial charge in [-0.1, -0.05) is 277 Å². The first-order valence-corrected chi connectivity index (χ1v) is 29.7. The van der Waals surface area contributed by atoms with Crippen LogP contribution in [0.2, 0.25) is 0 Å². The van der Waals surface area contributed by atoms with Crippen molar-refractivity contribution in [1.29, 1.82) is 0 Å². The van der Waals surface area contributed by atoms with Crippen LogP contribution >= 0.6 is 0 Å². The van der Waals surface area contributed by atoms with Crippen LogP contribution in [0.5, 0.6) is 0 Å². The summed E-state index contributed by atoms with van der Waals surface area (Å²) in [6.45, 7) is 4.81. The highest BCUT2D eigenvalue weighted by Crippen LogP contribution is 2.18. The van der Waals surface area contributed by atoms with E-state index in [1.807, 2.05) is 21.1 Å². The van der Waals surface area contributed by atoms with Crippen molar-refractivity contribution in [3.05, 3.63) is 0 Å². The van der Waals surface area contributed by atoms with Gasteiger partial charge < -0.3 is 33.3 Å². The van der Waals surface area contributed by atoms with Crippen LogP contribution in [-0.2, 0) is 33.3 Å². The predicted octanol–water partition coefficient (Wildman–Crippen LogP) is 15.9. The van der Waals surface area contributed by atoms with Gasteiger partial charge in [-0.2, -0.15) is 0 Å². The maximum atomic E-state index is 12.9. The van der Waals surface area contributed by atoms with Crippen LogP contribution in [0.3, 0.4) is 0 Å². The summed E-state index contributed by atoms with van der Waals surface area (Å²) in [6.07, 6.45) is 54.5. The number of hydrogen-bond acceptors (Lipinski definition) is 8. The second-order valence-electron chi connectivity index (χ2n) is 21.7. The molecule has 2 atom stereocenters. The summed E-state index contributed by atoms with van der Waals surface area (Å²) in [6, 6.07) is 0. The van der Waals surface area contributed by atoms with Gasteiger partial charge in [0.05, 0.1) is 40.3 Å². The standard InChI is InChI=1S/C59H115NO8/c1-6-8-10-12-14-16-18-20-22-23-24-25-26-27-28-29-30-31-32-33-34-35-36-38-40-42-44-46-48-50-57(62)68-55(54-67-59(58(63)64)65-52-51-60(3,4)5)53-66-56(61)49-47-45-43-41-39-37-21-19-17-15-13-11-9-7-2/h55,59H,6-54H2,1-5H3. The minimum absolute atomic E-state index is 0.153. The number of likely N-dealkylation sites (N-methyl/N-ethyl adjacent to an activating group) is 1. The summed E-state index contributed by atoms with van der Waals surface area (Å²) in [5, 5.41) is 11.8. The fraction of sp³-hybridized carbons (Fsp3) is 0.949. The Morgan fingerprint density at radius 3 is 0.941 bits per heavy atom. The van der Waals surface area contributed by atoms with Crippen molar-refractivity contribution in [2.75, 3.05) is 47.5 Å². The number of esters is 2. The molecule has 0 spiro atoms. The maximum absolute atomic E-state index is 12.9. The van der Waals surface area contributed by atoms with E-state index < -0.39 is 24.3 Å². The zero-order chi connectivity index (χ0) is 49.9. The molecule has 0 amide bonds. The van der Waals surface area contributed by atoms with Crippen LogP contribution in [-0.4, -0.2) is 82.3 Å². The third-order valence-corrected chi connectivity index (χ3v) is 13.6. The number of unbranched alkanes of at least 4 members (excludes halogenated alkanes) is 41. The molecule has 0 aromatic rings. The highest BCUT2D eigenvalue weighted by atomic mass is 16.7. The molecular weight excluding hydrogens is 851 g/mol. The molecule has 0 aliphatic carbocycles. The number of quaternary nitrogens is 1. The normalized spacial score (nSPS) is 12.7. The quantitative estimate of drug-likeness (QED) is 0.0256. The number of carbonyl (C=O) groups is 3. The molecular formula is C59H115NO8. The van der Waals surface area contributed by atoms with Crippen molar-refractivity contribution >= 4 is 17.9 Å². The molecule has 9 heteroatoms. The molecule has 404 valence electrons. The lowest BCUT2D eigenvalue weighted by Crippen LogP contribution is -2.44. The zero-order valence-electron chi connectivity index (χ0n) is 46.0. The second kappa shape index (κ2) is 51.6. The third kappa shape index (κ3) is 52.1. The first-order valence-electron chi connectivity index (χ1n) is 29.7. The first-order chi connectivity index (χ1) is 33.1. The molecule has 0 radical (unpaired) electrons. The zero-order valence-corrected chi connectivity index (χ0v) is 46.0. The largest absolute Gasteiger partial charge is 0.545 e. The first kappa shape index (κ1) is 66.3. The van der Waals surface area contributed by atoms with Gasteiger partial charge >= 0.3 is 11.9 Å². The van der Waals surface area contributed by atoms with Gasteiger partial charge in [0.25, 0.3) is 0 Å². The van der Waals surface area contributed by atoms with Crippen molar-refractivity contribution in [3.63, 3.8) is 0 Å². The molecule has 0 fully saturated rings. The highest BCUT2D eigenvalue weighted by molar-refractivity contribution is 5.70. The van der Waals surface area contributed by atoms with Gasteiger partial charge in [0.2, 0.25) is 0 Å². The van der Waals surface area contributed by atoms with E-state index in [0.717, 1.165) is 38.5 Å². The van der Waals surface area contributed by atoms with Crippen molar-refractivity contribution in [3.8, 4) is 0 Å². The number of ether oxygens (including phenoxy) is 4. The van der Waals surface area contributed by atoms with Crippen molar-refractivity contribution in [2.24, 2.45) is 0 Å².